The lowest BCUT2D eigenvalue weighted by atomic mass is 9.64. The second-order valence-corrected chi connectivity index (χ2v) is 21.2. The number of hydrogen-bond acceptors (Lipinski definition) is 2. The predicted molar refractivity (Wildman–Crippen MR) is 317 cm³/mol. The number of nitrogens with zero attached hydrogens (tertiary/aromatic N) is 2. The van der Waals surface area contributed by atoms with Gasteiger partial charge in [0.15, 0.2) is 0 Å². The Kier molecular flexibility index (Phi) is 8.72. The molecule has 0 saturated carbocycles. The first kappa shape index (κ1) is 42.5. The molecule has 2 spiro atoms. The van der Waals surface area contributed by atoms with Gasteiger partial charge in [-0.25, -0.2) is 0 Å². The topological polar surface area (TPSA) is 16.1 Å². The number of hydrogen-bond donors (Lipinski definition) is 0. The SMILES string of the molecule is c1ccc(N2c3ccccc3C3(c4ccccc4-c4cc(-c5c6ccccc6c(-c6ccc(-c7ccc8c(c7)C7(c9ccccc9-c9ccccc97)c7ccccc7-8)nc6)c6ccccc56)ccc43)c3ccccc32)cc1. The zero-order chi connectivity index (χ0) is 50.4. The van der Waals surface area contributed by atoms with E-state index in [9.17, 15) is 0 Å². The smallest absolute Gasteiger partial charge is 0.0754 e. The Bertz CT molecular complexity index is 4470. The van der Waals surface area contributed by atoms with Gasteiger partial charge in [0.05, 0.1) is 27.9 Å². The van der Waals surface area contributed by atoms with E-state index >= 15 is 0 Å². The highest BCUT2D eigenvalue weighted by Crippen LogP contribution is 2.65. The van der Waals surface area contributed by atoms with Gasteiger partial charge in [-0.05, 0) is 159 Å². The molecule has 0 fully saturated rings. The number of rotatable bonds is 4. The first-order valence-electron chi connectivity index (χ1n) is 26.9. The van der Waals surface area contributed by atoms with Crippen LogP contribution >= 0.6 is 0 Å². The fourth-order valence-corrected chi connectivity index (χ4v) is 14.8. The minimum Gasteiger partial charge on any atom is -0.310 e. The molecule has 0 amide bonds. The maximum atomic E-state index is 5.35. The Labute approximate surface area is 447 Å². The first-order valence-corrected chi connectivity index (χ1v) is 26.9. The molecule has 12 aromatic carbocycles. The zero-order valence-electron chi connectivity index (χ0n) is 42.0. The van der Waals surface area contributed by atoms with Crippen LogP contribution in [0, 0.1) is 0 Å². The van der Waals surface area contributed by atoms with Crippen molar-refractivity contribution in [3.63, 3.8) is 0 Å². The molecule has 0 radical (unpaired) electrons. The highest BCUT2D eigenvalue weighted by atomic mass is 15.2. The summed E-state index contributed by atoms with van der Waals surface area (Å²) >= 11 is 0. The van der Waals surface area contributed by atoms with E-state index in [1.54, 1.807) is 0 Å². The summed E-state index contributed by atoms with van der Waals surface area (Å²) in [5.74, 6) is 0. The molecule has 2 heterocycles. The van der Waals surface area contributed by atoms with Gasteiger partial charge in [0.2, 0.25) is 0 Å². The van der Waals surface area contributed by atoms with Crippen molar-refractivity contribution < 1.29 is 0 Å². The third kappa shape index (κ3) is 5.51. The summed E-state index contributed by atoms with van der Waals surface area (Å²) in [7, 11) is 0. The van der Waals surface area contributed by atoms with E-state index < -0.39 is 10.8 Å². The van der Waals surface area contributed by atoms with Crippen LogP contribution in [-0.4, -0.2) is 4.98 Å². The molecule has 0 saturated heterocycles. The monoisotopic (exact) mass is 974 g/mol. The summed E-state index contributed by atoms with van der Waals surface area (Å²) in [6, 6.07) is 102. The van der Waals surface area contributed by atoms with E-state index in [4.69, 9.17) is 4.98 Å². The Balaban J connectivity index is 0.813. The molecule has 3 aliphatic carbocycles. The number of pyridine rings is 1. The number of benzene rings is 12. The molecule has 1 aliphatic heterocycles. The third-order valence-electron chi connectivity index (χ3n) is 17.7. The maximum Gasteiger partial charge on any atom is 0.0754 e. The van der Waals surface area contributed by atoms with Crippen molar-refractivity contribution in [3.8, 4) is 66.9 Å². The van der Waals surface area contributed by atoms with Gasteiger partial charge in [-0.2, -0.15) is 0 Å². The van der Waals surface area contributed by atoms with Crippen LogP contribution in [0.1, 0.15) is 44.5 Å². The summed E-state index contributed by atoms with van der Waals surface area (Å²) in [5, 5.41) is 4.86. The fourth-order valence-electron chi connectivity index (χ4n) is 14.8. The summed E-state index contributed by atoms with van der Waals surface area (Å²) in [5.41, 5.74) is 27.8. The van der Waals surface area contributed by atoms with Crippen molar-refractivity contribution in [2.24, 2.45) is 0 Å². The van der Waals surface area contributed by atoms with Gasteiger partial charge in [-0.1, -0.05) is 231 Å². The molecule has 0 N–H and O–H groups in total. The molecule has 0 atom stereocenters. The van der Waals surface area contributed by atoms with Gasteiger partial charge in [0, 0.05) is 23.0 Å². The van der Waals surface area contributed by atoms with Gasteiger partial charge < -0.3 is 4.90 Å². The number of anilines is 3. The Hall–Kier alpha value is -9.89. The van der Waals surface area contributed by atoms with E-state index in [0.717, 1.165) is 22.5 Å². The molecule has 356 valence electrons. The molecule has 0 unspecified atom stereocenters. The summed E-state index contributed by atoms with van der Waals surface area (Å²) in [4.78, 5) is 7.80. The van der Waals surface area contributed by atoms with Crippen LogP contribution in [0.5, 0.6) is 0 Å². The molecule has 1 aromatic heterocycles. The van der Waals surface area contributed by atoms with E-state index in [1.165, 1.54) is 127 Å². The lowest BCUT2D eigenvalue weighted by Crippen LogP contribution is -2.36. The summed E-state index contributed by atoms with van der Waals surface area (Å²) in [6.45, 7) is 0. The summed E-state index contributed by atoms with van der Waals surface area (Å²) in [6.07, 6.45) is 2.10. The highest BCUT2D eigenvalue weighted by molar-refractivity contribution is 6.21. The Morgan fingerprint density at radius 1 is 0.260 bits per heavy atom. The van der Waals surface area contributed by atoms with Gasteiger partial charge in [0.25, 0.3) is 0 Å². The van der Waals surface area contributed by atoms with Crippen LogP contribution in [0.25, 0.3) is 88.4 Å². The standard InChI is InChI=1S/C75H46N2/c1-2-20-50(21-3-1)77-70-36-18-16-34-66(70)75(67-35-17-19-37-71(67)77)64-33-15-11-25-54(64)60-44-48(39-42-65(60)75)72-56-26-4-6-28-58(56)73(59-29-7-5-27-57(59)72)49-40-43-69(76-46-49)47-38-41-55-53-24-10-14-32-63(53)74(68(55)45-47)61-30-12-8-22-51(61)52-23-9-13-31-62(52)74/h1-46H. The molecule has 77 heavy (non-hydrogen) atoms. The molecule has 4 aliphatic rings. The average molecular weight is 975 g/mol. The van der Waals surface area contributed by atoms with Crippen LogP contribution in [0.4, 0.5) is 17.1 Å². The lowest BCUT2D eigenvalue weighted by Gasteiger charge is -2.45. The van der Waals surface area contributed by atoms with Crippen LogP contribution in [0.3, 0.4) is 0 Å². The van der Waals surface area contributed by atoms with Crippen LogP contribution in [0.15, 0.2) is 279 Å². The minimum atomic E-state index is -0.518. The van der Waals surface area contributed by atoms with Crippen molar-refractivity contribution in [1.29, 1.82) is 0 Å². The van der Waals surface area contributed by atoms with Crippen molar-refractivity contribution in [1.82, 2.24) is 4.98 Å². The lowest BCUT2D eigenvalue weighted by molar-refractivity contribution is 0.753. The molecule has 2 heteroatoms. The van der Waals surface area contributed by atoms with Gasteiger partial charge >= 0.3 is 0 Å². The van der Waals surface area contributed by atoms with E-state index in [2.05, 4.69) is 284 Å². The van der Waals surface area contributed by atoms with E-state index in [0.29, 0.717) is 0 Å². The van der Waals surface area contributed by atoms with E-state index in [-0.39, 0.29) is 0 Å². The fraction of sp³-hybridized carbons (Fsp3) is 0.0267. The second kappa shape index (κ2) is 15.8. The van der Waals surface area contributed by atoms with Gasteiger partial charge in [-0.15, -0.1) is 0 Å². The van der Waals surface area contributed by atoms with Gasteiger partial charge in [-0.3, -0.25) is 4.98 Å². The molecule has 2 nitrogen and oxygen atoms in total. The number of para-hydroxylation sites is 3. The maximum absolute atomic E-state index is 5.35. The highest BCUT2D eigenvalue weighted by Gasteiger charge is 2.53. The molecule has 0 bridgehead atoms. The quantitative estimate of drug-likeness (QED) is 0.163. The molecule has 17 rings (SSSR count). The van der Waals surface area contributed by atoms with Crippen molar-refractivity contribution in [3.05, 3.63) is 324 Å². The zero-order valence-corrected chi connectivity index (χ0v) is 42.0. The van der Waals surface area contributed by atoms with Crippen molar-refractivity contribution in [2.75, 3.05) is 4.90 Å². The van der Waals surface area contributed by atoms with Crippen LogP contribution in [-0.2, 0) is 10.8 Å². The Morgan fingerprint density at radius 3 is 1.17 bits per heavy atom. The average Bonchev–Trinajstić information content (AvgIpc) is 4.20. The minimum absolute atomic E-state index is 0.407. The molecular weight excluding hydrogens is 929 g/mol. The normalized spacial score (nSPS) is 14.2. The Morgan fingerprint density at radius 2 is 0.649 bits per heavy atom. The summed E-state index contributed by atoms with van der Waals surface area (Å²) < 4.78 is 0. The molecule has 13 aromatic rings. The molecular formula is C75H46N2. The number of fused-ring (bicyclic) bond motifs is 21. The first-order chi connectivity index (χ1) is 38.2. The predicted octanol–water partition coefficient (Wildman–Crippen LogP) is 18.9. The van der Waals surface area contributed by atoms with Crippen LogP contribution < -0.4 is 4.90 Å². The third-order valence-corrected chi connectivity index (χ3v) is 17.7. The van der Waals surface area contributed by atoms with Crippen LogP contribution in [0.2, 0.25) is 0 Å². The van der Waals surface area contributed by atoms with Gasteiger partial charge in [0.1, 0.15) is 0 Å². The second-order valence-electron chi connectivity index (χ2n) is 21.2. The van der Waals surface area contributed by atoms with Crippen molar-refractivity contribution in [2.45, 2.75) is 10.8 Å². The van der Waals surface area contributed by atoms with Crippen molar-refractivity contribution >= 4 is 38.6 Å². The number of aromatic nitrogens is 1. The van der Waals surface area contributed by atoms with E-state index in [1.807, 2.05) is 0 Å². The largest absolute Gasteiger partial charge is 0.310 e.